The van der Waals surface area contributed by atoms with Gasteiger partial charge in [-0.3, -0.25) is 19.3 Å². The molecule has 41 heavy (non-hydrogen) atoms. The van der Waals surface area contributed by atoms with Crippen molar-refractivity contribution in [1.29, 1.82) is 0 Å². The van der Waals surface area contributed by atoms with E-state index in [1.54, 1.807) is 21.9 Å². The average molecular weight is 567 g/mol. The third-order valence-electron chi connectivity index (χ3n) is 8.36. The number of phenolic OH excluding ortho intramolecular Hbond substituents is 1. The lowest BCUT2D eigenvalue weighted by atomic mass is 9.84. The first-order valence-electron chi connectivity index (χ1n) is 14.0. The maximum atomic E-state index is 14.4. The minimum absolute atomic E-state index is 0.0692. The predicted octanol–water partition coefficient (Wildman–Crippen LogP) is 4.05. The highest BCUT2D eigenvalue weighted by molar-refractivity contribution is 6.02. The fourth-order valence-corrected chi connectivity index (χ4v) is 6.10. The number of phenols is 1. The number of carboxylic acid groups (broad SMARTS) is 1. The molecule has 0 unspecified atom stereocenters. The lowest BCUT2D eigenvalue weighted by Crippen LogP contribution is -2.56. The van der Waals surface area contributed by atoms with Crippen LogP contribution in [0.15, 0.2) is 30.3 Å². The number of likely N-dealkylation sites (tertiary alicyclic amines) is 1. The molecule has 2 aromatic carbocycles. The Bertz CT molecular complexity index is 1360. The molecule has 10 nitrogen and oxygen atoms in total. The highest BCUT2D eigenvalue weighted by Gasteiger charge is 2.48. The van der Waals surface area contributed by atoms with Gasteiger partial charge in [-0.2, -0.15) is 0 Å². The number of amides is 2. The summed E-state index contributed by atoms with van der Waals surface area (Å²) in [5, 5.41) is 20.0. The monoisotopic (exact) mass is 566 g/mol. The number of anilines is 1. The van der Waals surface area contributed by atoms with Crippen molar-refractivity contribution in [2.75, 3.05) is 31.7 Å². The van der Waals surface area contributed by atoms with Crippen molar-refractivity contribution in [1.82, 2.24) is 4.90 Å². The van der Waals surface area contributed by atoms with Gasteiger partial charge in [-0.1, -0.05) is 39.0 Å². The number of benzene rings is 2. The first kappa shape index (κ1) is 28.7. The summed E-state index contributed by atoms with van der Waals surface area (Å²) < 4.78 is 18.4. The number of piperidine rings is 1. The Morgan fingerprint density at radius 2 is 1.83 bits per heavy atom. The molecule has 2 aromatic rings. The average Bonchev–Trinajstić information content (AvgIpc) is 3.03. The standard InChI is InChI=1S/C31H38N2O8/c1-17-13-20-26-22(14-17)40-16-24(31(2,3)4)33(26)29(36)23(15-25(35)32-11-9-18(10-12-32)30(37)38)41-27(20)19-7-6-8-21(34)28(19)39-5/h6-8,13-14,18,23-24,27,34H,9-12,15-16H2,1-5H3,(H,37,38)/t23-,24+,27-/m1/s1. The zero-order valence-electron chi connectivity index (χ0n) is 24.2. The lowest BCUT2D eigenvalue weighted by Gasteiger charge is -2.44. The lowest BCUT2D eigenvalue weighted by molar-refractivity contribution is -0.148. The largest absolute Gasteiger partial charge is 0.504 e. The van der Waals surface area contributed by atoms with Gasteiger partial charge < -0.3 is 29.3 Å². The summed E-state index contributed by atoms with van der Waals surface area (Å²) in [6.45, 7) is 8.98. The van der Waals surface area contributed by atoms with Crippen molar-refractivity contribution < 1.29 is 38.8 Å². The van der Waals surface area contributed by atoms with Crippen LogP contribution in [0, 0.1) is 18.3 Å². The first-order valence-corrected chi connectivity index (χ1v) is 14.0. The second-order valence-corrected chi connectivity index (χ2v) is 12.2. The van der Waals surface area contributed by atoms with Crippen molar-refractivity contribution in [3.8, 4) is 17.2 Å². The van der Waals surface area contributed by atoms with E-state index in [9.17, 15) is 24.6 Å². The van der Waals surface area contributed by atoms with E-state index in [0.717, 1.165) is 5.56 Å². The van der Waals surface area contributed by atoms with E-state index >= 15 is 0 Å². The minimum atomic E-state index is -1.14. The zero-order valence-corrected chi connectivity index (χ0v) is 24.2. The fourth-order valence-electron chi connectivity index (χ4n) is 6.10. The second-order valence-electron chi connectivity index (χ2n) is 12.2. The van der Waals surface area contributed by atoms with Crippen LogP contribution in [-0.4, -0.2) is 71.8 Å². The summed E-state index contributed by atoms with van der Waals surface area (Å²) in [5.41, 5.74) is 2.35. The van der Waals surface area contributed by atoms with Gasteiger partial charge in [-0.15, -0.1) is 0 Å². The van der Waals surface area contributed by atoms with Crippen molar-refractivity contribution in [2.24, 2.45) is 11.3 Å². The van der Waals surface area contributed by atoms with Crippen LogP contribution < -0.4 is 14.4 Å². The van der Waals surface area contributed by atoms with Crippen molar-refractivity contribution >= 4 is 23.5 Å². The van der Waals surface area contributed by atoms with Crippen LogP contribution in [0.25, 0.3) is 0 Å². The quantitative estimate of drug-likeness (QED) is 0.555. The Morgan fingerprint density at radius 3 is 2.46 bits per heavy atom. The molecule has 0 radical (unpaired) electrons. The van der Waals surface area contributed by atoms with Crippen molar-refractivity contribution in [2.45, 2.75) is 65.2 Å². The maximum Gasteiger partial charge on any atom is 0.306 e. The Hall–Kier alpha value is -3.79. The molecule has 10 heteroatoms. The van der Waals surface area contributed by atoms with E-state index in [1.165, 1.54) is 13.2 Å². The highest BCUT2D eigenvalue weighted by Crippen LogP contribution is 2.51. The number of aryl methyl sites for hydroxylation is 1. The summed E-state index contributed by atoms with van der Waals surface area (Å²) in [5.74, 6) is -1.23. The van der Waals surface area contributed by atoms with Gasteiger partial charge in [0.1, 0.15) is 24.6 Å². The van der Waals surface area contributed by atoms with Gasteiger partial charge in [-0.25, -0.2) is 0 Å². The number of aliphatic carboxylic acids is 1. The van der Waals surface area contributed by atoms with E-state index < -0.39 is 24.1 Å². The van der Waals surface area contributed by atoms with E-state index in [0.29, 0.717) is 48.5 Å². The van der Waals surface area contributed by atoms with Gasteiger partial charge in [0.05, 0.1) is 31.2 Å². The second kappa shape index (κ2) is 10.9. The Balaban J connectivity index is 1.60. The normalized spacial score (nSPS) is 23.0. The van der Waals surface area contributed by atoms with Crippen LogP contribution in [0.5, 0.6) is 17.2 Å². The highest BCUT2D eigenvalue weighted by atomic mass is 16.5. The van der Waals surface area contributed by atoms with Gasteiger partial charge in [0, 0.05) is 24.2 Å². The van der Waals surface area contributed by atoms with Crippen LogP contribution in [0.1, 0.15) is 62.8 Å². The molecule has 220 valence electrons. The van der Waals surface area contributed by atoms with Crippen LogP contribution in [-0.2, 0) is 19.1 Å². The number of carbonyl (C=O) groups excluding carboxylic acids is 2. The molecule has 2 N–H and O–H groups in total. The molecule has 3 atom stereocenters. The summed E-state index contributed by atoms with van der Waals surface area (Å²) in [7, 11) is 1.46. The number of hydrogen-bond donors (Lipinski definition) is 2. The molecule has 3 aliphatic rings. The Labute approximate surface area is 239 Å². The summed E-state index contributed by atoms with van der Waals surface area (Å²) >= 11 is 0. The summed E-state index contributed by atoms with van der Waals surface area (Å²) in [6, 6.07) is 8.49. The van der Waals surface area contributed by atoms with E-state index in [1.807, 2.05) is 39.8 Å². The van der Waals surface area contributed by atoms with E-state index in [2.05, 4.69) is 0 Å². The number of aromatic hydroxyl groups is 1. The van der Waals surface area contributed by atoms with Crippen molar-refractivity contribution in [3.63, 3.8) is 0 Å². The van der Waals surface area contributed by atoms with Gasteiger partial charge in [-0.05, 0) is 42.9 Å². The zero-order chi connectivity index (χ0) is 29.6. The van der Waals surface area contributed by atoms with Gasteiger partial charge >= 0.3 is 5.97 Å². The van der Waals surface area contributed by atoms with E-state index in [4.69, 9.17) is 14.2 Å². The number of carbonyl (C=O) groups is 3. The molecule has 0 bridgehead atoms. The number of para-hydroxylation sites is 1. The number of methoxy groups -OCH3 is 1. The van der Waals surface area contributed by atoms with Gasteiger partial charge in [0.15, 0.2) is 11.5 Å². The van der Waals surface area contributed by atoms with Gasteiger partial charge in [0.2, 0.25) is 5.91 Å². The summed E-state index contributed by atoms with van der Waals surface area (Å²) in [6.07, 6.45) is -1.46. The molecule has 2 amide bonds. The number of carboxylic acids is 1. The topological polar surface area (TPSA) is 126 Å². The molecule has 0 aromatic heterocycles. The number of nitrogens with zero attached hydrogens (tertiary/aromatic N) is 2. The third kappa shape index (κ3) is 5.32. The third-order valence-corrected chi connectivity index (χ3v) is 8.36. The molecular formula is C31H38N2O8. The SMILES string of the molecule is COc1c(O)cccc1[C@H]1O[C@H](CC(=O)N2CCC(C(=O)O)CC2)C(=O)N2c3c(cc(C)cc31)OC[C@H]2C(C)(C)C. The maximum absolute atomic E-state index is 14.4. The number of hydrogen-bond acceptors (Lipinski definition) is 7. The fraction of sp³-hybridized carbons (Fsp3) is 0.516. The Kier molecular flexibility index (Phi) is 7.63. The molecule has 0 saturated carbocycles. The van der Waals surface area contributed by atoms with E-state index in [-0.39, 0.29) is 47.8 Å². The molecule has 0 spiro atoms. The Morgan fingerprint density at radius 1 is 1.12 bits per heavy atom. The molecule has 5 rings (SSSR count). The minimum Gasteiger partial charge on any atom is -0.504 e. The molecule has 1 saturated heterocycles. The van der Waals surface area contributed by atoms with Crippen LogP contribution in [0.4, 0.5) is 5.69 Å². The molecule has 3 heterocycles. The first-order chi connectivity index (χ1) is 19.4. The number of rotatable bonds is 5. The van der Waals surface area contributed by atoms with Gasteiger partial charge in [0.25, 0.3) is 5.91 Å². The summed E-state index contributed by atoms with van der Waals surface area (Å²) in [4.78, 5) is 42.8. The van der Waals surface area contributed by atoms with Crippen LogP contribution in [0.2, 0.25) is 0 Å². The molecule has 3 aliphatic heterocycles. The molecular weight excluding hydrogens is 528 g/mol. The van der Waals surface area contributed by atoms with Crippen LogP contribution >= 0.6 is 0 Å². The molecule has 1 fully saturated rings. The number of ether oxygens (including phenoxy) is 3. The molecule has 0 aliphatic carbocycles. The smallest absolute Gasteiger partial charge is 0.306 e. The van der Waals surface area contributed by atoms with Crippen LogP contribution in [0.3, 0.4) is 0 Å². The predicted molar refractivity (Wildman–Crippen MR) is 150 cm³/mol. The van der Waals surface area contributed by atoms with Crippen molar-refractivity contribution in [3.05, 3.63) is 47.0 Å².